The van der Waals surface area contributed by atoms with Gasteiger partial charge in [0.2, 0.25) is 0 Å². The lowest BCUT2D eigenvalue weighted by Crippen LogP contribution is -2.11. The quantitative estimate of drug-likeness (QED) is 0.538. The van der Waals surface area contributed by atoms with Crippen molar-refractivity contribution in [3.8, 4) is 0 Å². The number of carbonyl (C=O) groups is 1. The molecule has 0 bridgehead atoms. The van der Waals surface area contributed by atoms with E-state index < -0.39 is 0 Å². The summed E-state index contributed by atoms with van der Waals surface area (Å²) in [6.45, 7) is 2.08. The van der Waals surface area contributed by atoms with Crippen LogP contribution in [0.2, 0.25) is 0 Å². The molecule has 0 amide bonds. The molecule has 60 valence electrons. The van der Waals surface area contributed by atoms with Gasteiger partial charge in [0, 0.05) is 6.92 Å². The van der Waals surface area contributed by atoms with Crippen LogP contribution in [0.4, 0.5) is 0 Å². The molecule has 0 atom stereocenters. The summed E-state index contributed by atoms with van der Waals surface area (Å²) in [6.07, 6.45) is 1.33. The van der Waals surface area contributed by atoms with Crippen LogP contribution in [0.15, 0.2) is 6.33 Å². The van der Waals surface area contributed by atoms with Gasteiger partial charge in [0.25, 0.3) is 0 Å². The first kappa shape index (κ1) is 7.64. The molecule has 1 aromatic rings. The van der Waals surface area contributed by atoms with Gasteiger partial charge in [-0.05, 0) is 5.21 Å². The molecule has 1 heterocycles. The van der Waals surface area contributed by atoms with Crippen LogP contribution in [0.1, 0.15) is 6.92 Å². The van der Waals surface area contributed by atoms with Crippen LogP contribution in [0.5, 0.6) is 0 Å². The van der Waals surface area contributed by atoms with Crippen LogP contribution in [-0.2, 0) is 16.1 Å². The zero-order chi connectivity index (χ0) is 8.10. The number of nitrogens with zero attached hydrogens (tertiary/aromatic N) is 4. The molecule has 6 heteroatoms. The predicted octanol–water partition coefficient (Wildman–Crippen LogP) is -0.764. The highest BCUT2D eigenvalue weighted by atomic mass is 16.5. The van der Waals surface area contributed by atoms with E-state index in [-0.39, 0.29) is 12.6 Å². The molecule has 0 aromatic carbocycles. The zero-order valence-electron chi connectivity index (χ0n) is 6.10. The number of carbonyl (C=O) groups excluding carboxylic acids is 1. The largest absolute Gasteiger partial charge is 0.464 e. The normalized spacial score (nSPS) is 9.55. The third-order valence-electron chi connectivity index (χ3n) is 0.988. The molecular formula is C5H8N4O2. The fourth-order valence-corrected chi connectivity index (χ4v) is 0.562. The summed E-state index contributed by atoms with van der Waals surface area (Å²) >= 11 is 0. The van der Waals surface area contributed by atoms with Gasteiger partial charge in [-0.3, -0.25) is 4.79 Å². The van der Waals surface area contributed by atoms with E-state index in [1.54, 1.807) is 0 Å². The van der Waals surface area contributed by atoms with E-state index in [1.807, 2.05) is 0 Å². The van der Waals surface area contributed by atoms with Gasteiger partial charge >= 0.3 is 5.97 Å². The Labute approximate surface area is 63.1 Å². The van der Waals surface area contributed by atoms with Crippen molar-refractivity contribution < 1.29 is 9.53 Å². The van der Waals surface area contributed by atoms with E-state index in [1.165, 1.54) is 18.0 Å². The van der Waals surface area contributed by atoms with E-state index in [0.717, 1.165) is 0 Å². The van der Waals surface area contributed by atoms with Gasteiger partial charge in [0.15, 0.2) is 6.33 Å². The number of rotatable bonds is 3. The summed E-state index contributed by atoms with van der Waals surface area (Å²) in [5.74, 6) is -0.301. The van der Waals surface area contributed by atoms with Gasteiger partial charge in [-0.2, -0.15) is 4.80 Å². The van der Waals surface area contributed by atoms with Crippen LogP contribution < -0.4 is 0 Å². The van der Waals surface area contributed by atoms with Gasteiger partial charge in [-0.1, -0.05) is 0 Å². The summed E-state index contributed by atoms with van der Waals surface area (Å²) in [5.41, 5.74) is 0. The SMILES string of the molecule is CC(=O)OCCn1ncnn1. The highest BCUT2D eigenvalue weighted by Gasteiger charge is 1.94. The lowest BCUT2D eigenvalue weighted by molar-refractivity contribution is -0.141. The first-order valence-electron chi connectivity index (χ1n) is 3.13. The minimum absolute atomic E-state index is 0.283. The number of hydrogen-bond donors (Lipinski definition) is 0. The van der Waals surface area contributed by atoms with Crippen molar-refractivity contribution in [2.75, 3.05) is 6.61 Å². The average Bonchev–Trinajstić information content (AvgIpc) is 2.39. The molecule has 11 heavy (non-hydrogen) atoms. The molecule has 1 rings (SSSR count). The van der Waals surface area contributed by atoms with Gasteiger partial charge < -0.3 is 4.74 Å². The van der Waals surface area contributed by atoms with Crippen LogP contribution >= 0.6 is 0 Å². The Bertz CT molecular complexity index is 220. The zero-order valence-corrected chi connectivity index (χ0v) is 6.10. The molecular weight excluding hydrogens is 148 g/mol. The maximum absolute atomic E-state index is 10.3. The molecule has 0 saturated carbocycles. The molecule has 0 saturated heterocycles. The van der Waals surface area contributed by atoms with Gasteiger partial charge in [0.05, 0.1) is 6.54 Å². The molecule has 0 radical (unpaired) electrons. The van der Waals surface area contributed by atoms with E-state index in [2.05, 4.69) is 20.1 Å². The van der Waals surface area contributed by atoms with Crippen molar-refractivity contribution in [2.45, 2.75) is 13.5 Å². The Morgan fingerprint density at radius 3 is 3.09 bits per heavy atom. The van der Waals surface area contributed by atoms with Crippen LogP contribution in [0.25, 0.3) is 0 Å². The second kappa shape index (κ2) is 3.65. The molecule has 1 aromatic heterocycles. The first-order chi connectivity index (χ1) is 5.29. The molecule has 6 nitrogen and oxygen atoms in total. The van der Waals surface area contributed by atoms with Crippen molar-refractivity contribution in [3.63, 3.8) is 0 Å². The Hall–Kier alpha value is -1.46. The lowest BCUT2D eigenvalue weighted by Gasteiger charge is -1.98. The third kappa shape index (κ3) is 2.74. The monoisotopic (exact) mass is 156 g/mol. The fourth-order valence-electron chi connectivity index (χ4n) is 0.562. The molecule has 0 fully saturated rings. The van der Waals surface area contributed by atoms with Crippen molar-refractivity contribution >= 4 is 5.97 Å². The standard InChI is InChI=1S/C5H8N4O2/c1-5(10)11-3-2-9-7-4-6-8-9/h4H,2-3H2,1H3. The van der Waals surface area contributed by atoms with Gasteiger partial charge in [-0.25, -0.2) is 0 Å². The van der Waals surface area contributed by atoms with Gasteiger partial charge in [0.1, 0.15) is 6.61 Å². The molecule has 0 N–H and O–H groups in total. The summed E-state index contributed by atoms with van der Waals surface area (Å²) < 4.78 is 4.65. The Kier molecular flexibility index (Phi) is 2.53. The summed E-state index contributed by atoms with van der Waals surface area (Å²) in [4.78, 5) is 11.6. The highest BCUT2D eigenvalue weighted by Crippen LogP contribution is 1.79. The van der Waals surface area contributed by atoms with Gasteiger partial charge in [-0.15, -0.1) is 10.2 Å². The second-order valence-corrected chi connectivity index (χ2v) is 1.87. The topological polar surface area (TPSA) is 69.9 Å². The minimum Gasteiger partial charge on any atom is -0.464 e. The third-order valence-corrected chi connectivity index (χ3v) is 0.988. The van der Waals surface area contributed by atoms with Crippen molar-refractivity contribution in [1.82, 2.24) is 20.2 Å². The van der Waals surface area contributed by atoms with Crippen LogP contribution in [-0.4, -0.2) is 32.8 Å². The summed E-state index contributed by atoms with van der Waals surface area (Å²) in [6, 6.07) is 0. The molecule has 0 aliphatic carbocycles. The second-order valence-electron chi connectivity index (χ2n) is 1.87. The van der Waals surface area contributed by atoms with Crippen molar-refractivity contribution in [2.24, 2.45) is 0 Å². The fraction of sp³-hybridized carbons (Fsp3) is 0.600. The number of hydrogen-bond acceptors (Lipinski definition) is 5. The van der Waals surface area contributed by atoms with E-state index in [4.69, 9.17) is 0 Å². The molecule has 0 unspecified atom stereocenters. The summed E-state index contributed by atoms with van der Waals surface area (Å²) in [5, 5.41) is 10.8. The highest BCUT2D eigenvalue weighted by molar-refractivity contribution is 5.65. The van der Waals surface area contributed by atoms with E-state index in [0.29, 0.717) is 6.54 Å². The van der Waals surface area contributed by atoms with E-state index in [9.17, 15) is 4.79 Å². The lowest BCUT2D eigenvalue weighted by atomic mass is 10.7. The van der Waals surface area contributed by atoms with Crippen LogP contribution in [0.3, 0.4) is 0 Å². The number of tetrazole rings is 1. The number of esters is 1. The number of aromatic nitrogens is 4. The first-order valence-corrected chi connectivity index (χ1v) is 3.13. The molecule has 0 aliphatic heterocycles. The summed E-state index contributed by atoms with van der Waals surface area (Å²) in [7, 11) is 0. The average molecular weight is 156 g/mol. The van der Waals surface area contributed by atoms with Crippen molar-refractivity contribution in [1.29, 1.82) is 0 Å². The molecule has 0 aliphatic rings. The van der Waals surface area contributed by atoms with E-state index >= 15 is 0 Å². The number of ether oxygens (including phenoxy) is 1. The Morgan fingerprint density at radius 2 is 2.55 bits per heavy atom. The Balaban J connectivity index is 2.19. The maximum Gasteiger partial charge on any atom is 0.302 e. The maximum atomic E-state index is 10.3. The molecule has 0 spiro atoms. The smallest absolute Gasteiger partial charge is 0.302 e. The predicted molar refractivity (Wildman–Crippen MR) is 34.4 cm³/mol. The Morgan fingerprint density at radius 1 is 1.73 bits per heavy atom. The minimum atomic E-state index is -0.301. The van der Waals surface area contributed by atoms with Crippen molar-refractivity contribution in [3.05, 3.63) is 6.33 Å². The van der Waals surface area contributed by atoms with Crippen LogP contribution in [0, 0.1) is 0 Å².